The van der Waals surface area contributed by atoms with Crippen LogP contribution in [0, 0.1) is 0 Å². The van der Waals surface area contributed by atoms with E-state index < -0.39 is 6.17 Å². The van der Waals surface area contributed by atoms with Crippen LogP contribution >= 0.6 is 0 Å². The van der Waals surface area contributed by atoms with Gasteiger partial charge in [0, 0.05) is 38.0 Å². The summed E-state index contributed by atoms with van der Waals surface area (Å²) >= 11 is 0. The van der Waals surface area contributed by atoms with Gasteiger partial charge in [-0.2, -0.15) is 5.01 Å². The fraction of sp³-hybridized carbons (Fsp3) is 0.625. The van der Waals surface area contributed by atoms with E-state index in [4.69, 9.17) is 15.2 Å². The minimum atomic E-state index is -0.490. The SMILES string of the molecule is CN1c2ccccc2C(N2C(=O)CCCC2=O)N1C1CCNC(C(=O)COCCOCCN)C1. The Bertz CT molecular complexity index is 880. The summed E-state index contributed by atoms with van der Waals surface area (Å²) in [5.74, 6) is -0.282. The molecule has 3 N–H and O–H groups in total. The van der Waals surface area contributed by atoms with Crippen molar-refractivity contribution in [1.29, 1.82) is 0 Å². The van der Waals surface area contributed by atoms with E-state index >= 15 is 0 Å². The molecular weight excluding hydrogens is 438 g/mol. The second-order valence-corrected chi connectivity index (χ2v) is 8.95. The summed E-state index contributed by atoms with van der Waals surface area (Å²) in [6, 6.07) is 7.51. The summed E-state index contributed by atoms with van der Waals surface area (Å²) in [4.78, 5) is 40.0. The zero-order valence-corrected chi connectivity index (χ0v) is 19.8. The van der Waals surface area contributed by atoms with Crippen LogP contribution in [-0.4, -0.2) is 86.2 Å². The summed E-state index contributed by atoms with van der Waals surface area (Å²) in [5.41, 5.74) is 7.30. The van der Waals surface area contributed by atoms with Crippen LogP contribution in [0.2, 0.25) is 0 Å². The zero-order chi connectivity index (χ0) is 24.1. The van der Waals surface area contributed by atoms with Gasteiger partial charge in [0.15, 0.2) is 5.78 Å². The molecule has 1 aromatic rings. The van der Waals surface area contributed by atoms with Crippen LogP contribution in [-0.2, 0) is 23.9 Å². The third-order valence-corrected chi connectivity index (χ3v) is 6.74. The van der Waals surface area contributed by atoms with Gasteiger partial charge < -0.3 is 25.5 Å². The smallest absolute Gasteiger partial charge is 0.230 e. The molecule has 10 nitrogen and oxygen atoms in total. The van der Waals surface area contributed by atoms with E-state index in [0.717, 1.165) is 17.7 Å². The van der Waals surface area contributed by atoms with Gasteiger partial charge in [0.05, 0.1) is 31.5 Å². The number of hydrogen-bond donors (Lipinski definition) is 2. The molecule has 2 saturated heterocycles. The highest BCUT2D eigenvalue weighted by Gasteiger charge is 2.47. The molecule has 0 aromatic heterocycles. The summed E-state index contributed by atoms with van der Waals surface area (Å²) < 4.78 is 10.8. The van der Waals surface area contributed by atoms with Crippen molar-refractivity contribution < 1.29 is 23.9 Å². The van der Waals surface area contributed by atoms with E-state index in [9.17, 15) is 14.4 Å². The van der Waals surface area contributed by atoms with Crippen LogP contribution in [0.15, 0.2) is 24.3 Å². The van der Waals surface area contributed by atoms with Crippen LogP contribution in [0.5, 0.6) is 0 Å². The molecule has 0 aliphatic carbocycles. The lowest BCUT2D eigenvalue weighted by atomic mass is 9.95. The number of carbonyl (C=O) groups excluding carboxylic acids is 3. The lowest BCUT2D eigenvalue weighted by molar-refractivity contribution is -0.157. The van der Waals surface area contributed by atoms with Gasteiger partial charge in [0.2, 0.25) is 11.8 Å². The second-order valence-electron chi connectivity index (χ2n) is 8.95. The number of nitrogens with zero attached hydrogens (tertiary/aromatic N) is 3. The molecule has 3 heterocycles. The first-order valence-electron chi connectivity index (χ1n) is 12.1. The zero-order valence-electron chi connectivity index (χ0n) is 19.8. The first kappa shape index (κ1) is 24.7. The van der Waals surface area contributed by atoms with Gasteiger partial charge in [0.25, 0.3) is 0 Å². The number of para-hydroxylation sites is 1. The molecule has 186 valence electrons. The Morgan fingerprint density at radius 1 is 1.12 bits per heavy atom. The molecule has 3 aliphatic heterocycles. The summed E-state index contributed by atoms with van der Waals surface area (Å²) in [5, 5.41) is 7.47. The Kier molecular flexibility index (Phi) is 8.28. The molecule has 0 spiro atoms. The van der Waals surface area contributed by atoms with E-state index in [1.807, 2.05) is 36.3 Å². The molecule has 3 unspecified atom stereocenters. The average molecular weight is 474 g/mol. The minimum Gasteiger partial charge on any atom is -0.378 e. The van der Waals surface area contributed by atoms with Crippen LogP contribution in [0.25, 0.3) is 0 Å². The number of ketones is 1. The van der Waals surface area contributed by atoms with Crippen molar-refractivity contribution in [2.45, 2.75) is 50.4 Å². The van der Waals surface area contributed by atoms with Gasteiger partial charge in [0.1, 0.15) is 12.8 Å². The van der Waals surface area contributed by atoms with Gasteiger partial charge in [-0.3, -0.25) is 19.3 Å². The molecule has 0 radical (unpaired) electrons. The van der Waals surface area contributed by atoms with Crippen molar-refractivity contribution in [2.24, 2.45) is 5.73 Å². The highest BCUT2D eigenvalue weighted by molar-refractivity contribution is 5.98. The fourth-order valence-electron chi connectivity index (χ4n) is 5.14. The van der Waals surface area contributed by atoms with Crippen molar-refractivity contribution in [1.82, 2.24) is 15.2 Å². The van der Waals surface area contributed by atoms with Gasteiger partial charge in [-0.1, -0.05) is 18.2 Å². The number of rotatable bonds is 10. The Balaban J connectivity index is 1.47. The fourth-order valence-corrected chi connectivity index (χ4v) is 5.14. The highest BCUT2D eigenvalue weighted by atomic mass is 16.5. The van der Waals surface area contributed by atoms with Crippen molar-refractivity contribution in [2.75, 3.05) is 51.6 Å². The number of hydrazine groups is 1. The van der Waals surface area contributed by atoms with Crippen LogP contribution < -0.4 is 16.1 Å². The molecule has 1 aromatic carbocycles. The lowest BCUT2D eigenvalue weighted by Crippen LogP contribution is -2.58. The topological polar surface area (TPSA) is 117 Å². The van der Waals surface area contributed by atoms with Crippen molar-refractivity contribution in [3.05, 3.63) is 29.8 Å². The normalized spacial score (nSPS) is 25.6. The first-order valence-corrected chi connectivity index (χ1v) is 12.1. The summed E-state index contributed by atoms with van der Waals surface area (Å²) in [7, 11) is 1.96. The van der Waals surface area contributed by atoms with Gasteiger partial charge in [-0.05, 0) is 31.9 Å². The second kappa shape index (κ2) is 11.4. The van der Waals surface area contributed by atoms with E-state index in [0.29, 0.717) is 58.6 Å². The standard InChI is InChI=1S/C24H35N5O5/c1-27-20-6-3-2-5-18(20)24(28-22(31)7-4-8-23(28)32)29(27)17-9-11-26-19(15-17)21(30)16-34-14-13-33-12-10-25/h2-3,5-6,17,19,24,26H,4,7-16,25H2,1H3. The maximum absolute atomic E-state index is 12.9. The van der Waals surface area contributed by atoms with Gasteiger partial charge in [-0.15, -0.1) is 0 Å². The van der Waals surface area contributed by atoms with Crippen molar-refractivity contribution >= 4 is 23.3 Å². The predicted octanol–water partition coefficient (Wildman–Crippen LogP) is 0.573. The number of ether oxygens (including phenoxy) is 2. The van der Waals surface area contributed by atoms with Gasteiger partial charge in [-0.25, -0.2) is 0 Å². The van der Waals surface area contributed by atoms with E-state index in [2.05, 4.69) is 10.3 Å². The molecule has 10 heteroatoms. The molecule has 3 aliphatic rings. The molecule has 2 amide bonds. The monoisotopic (exact) mass is 473 g/mol. The summed E-state index contributed by atoms with van der Waals surface area (Å²) in [6.07, 6.45) is 2.22. The third kappa shape index (κ3) is 5.16. The number of carbonyl (C=O) groups is 3. The lowest BCUT2D eigenvalue weighted by Gasteiger charge is -2.45. The number of benzene rings is 1. The predicted molar refractivity (Wildman–Crippen MR) is 126 cm³/mol. The molecule has 4 rings (SSSR count). The quantitative estimate of drug-likeness (QED) is 0.371. The van der Waals surface area contributed by atoms with Gasteiger partial charge >= 0.3 is 0 Å². The molecule has 3 atom stereocenters. The molecule has 0 bridgehead atoms. The van der Waals surface area contributed by atoms with Crippen LogP contribution in [0.1, 0.15) is 43.8 Å². The Hall–Kier alpha value is -2.37. The Labute approximate surface area is 200 Å². The Morgan fingerprint density at radius 2 is 1.85 bits per heavy atom. The number of hydrogen-bond acceptors (Lipinski definition) is 9. The van der Waals surface area contributed by atoms with E-state index in [1.165, 1.54) is 4.90 Å². The summed E-state index contributed by atoms with van der Waals surface area (Å²) in [6.45, 7) is 2.35. The molecule has 2 fully saturated rings. The number of amides is 2. The maximum atomic E-state index is 12.9. The number of fused-ring (bicyclic) bond motifs is 1. The maximum Gasteiger partial charge on any atom is 0.230 e. The number of Topliss-reactive ketones (excluding diaryl/α,β-unsaturated/α-hetero) is 1. The largest absolute Gasteiger partial charge is 0.378 e. The number of likely N-dealkylation sites (tertiary alicyclic amines) is 1. The third-order valence-electron chi connectivity index (χ3n) is 6.74. The first-order chi connectivity index (χ1) is 16.5. The molecular formula is C24H35N5O5. The average Bonchev–Trinajstić information content (AvgIpc) is 3.13. The van der Waals surface area contributed by atoms with E-state index in [-0.39, 0.29) is 36.3 Å². The number of nitrogens with one attached hydrogen (secondary N) is 1. The van der Waals surface area contributed by atoms with E-state index in [1.54, 1.807) is 0 Å². The Morgan fingerprint density at radius 3 is 2.62 bits per heavy atom. The van der Waals surface area contributed by atoms with Crippen molar-refractivity contribution in [3.8, 4) is 0 Å². The van der Waals surface area contributed by atoms with Crippen LogP contribution in [0.4, 0.5) is 5.69 Å². The number of imide groups is 1. The van der Waals surface area contributed by atoms with Crippen LogP contribution in [0.3, 0.4) is 0 Å². The molecule has 0 saturated carbocycles. The number of anilines is 1. The number of nitrogens with two attached hydrogens (primary N) is 1. The molecule has 34 heavy (non-hydrogen) atoms. The highest BCUT2D eigenvalue weighted by Crippen LogP contribution is 2.44. The minimum absolute atomic E-state index is 0.00966. The number of piperidine rings is 2. The van der Waals surface area contributed by atoms with Crippen molar-refractivity contribution in [3.63, 3.8) is 0 Å².